The minimum Gasteiger partial charge on any atom is -0.379 e. The molecular formula is C4H11ClN2O. The number of rotatable bonds is 0. The third kappa shape index (κ3) is 3.21. The molecule has 0 aliphatic carbocycles. The average Bonchev–Trinajstić information content (AvgIpc) is 1.90. The average molecular weight is 139 g/mol. The maximum Gasteiger partial charge on any atom is 0.0605 e. The summed E-state index contributed by atoms with van der Waals surface area (Å²) < 4.78 is 5.07. The van der Waals surface area contributed by atoms with Gasteiger partial charge in [-0.2, -0.15) is 0 Å². The van der Waals surface area contributed by atoms with Gasteiger partial charge in [0.25, 0.3) is 0 Å². The number of hydrogen-bond donors (Lipinski definition) is 2. The maximum atomic E-state index is 5.07. The Bertz CT molecular complexity index is 33.7. The predicted molar refractivity (Wildman–Crippen MR) is 34.1 cm³/mol. The molecule has 3 nitrogen and oxygen atoms in total. The molecule has 0 unspecified atom stereocenters. The van der Waals surface area contributed by atoms with E-state index in [4.69, 9.17) is 4.74 Å². The van der Waals surface area contributed by atoms with E-state index in [1.165, 1.54) is 0 Å². The van der Waals surface area contributed by atoms with Gasteiger partial charge in [0.1, 0.15) is 0 Å². The number of nitrogens with one attached hydrogen (secondary N) is 2. The number of hydrogen-bond acceptors (Lipinski definition) is 3. The largest absolute Gasteiger partial charge is 0.379 e. The molecule has 0 atom stereocenters. The molecular weight excluding hydrogens is 128 g/mol. The zero-order valence-corrected chi connectivity index (χ0v) is 5.46. The van der Waals surface area contributed by atoms with E-state index in [-0.39, 0.29) is 12.4 Å². The van der Waals surface area contributed by atoms with Gasteiger partial charge in [-0.25, -0.2) is 0 Å². The van der Waals surface area contributed by atoms with Gasteiger partial charge >= 0.3 is 0 Å². The first-order valence-electron chi connectivity index (χ1n) is 2.53. The summed E-state index contributed by atoms with van der Waals surface area (Å²) in [5.74, 6) is 0. The summed E-state index contributed by atoms with van der Waals surface area (Å²) in [4.78, 5) is 0. The molecule has 0 aromatic heterocycles. The summed E-state index contributed by atoms with van der Waals surface area (Å²) in [6.07, 6.45) is 0. The van der Waals surface area contributed by atoms with Crippen LogP contribution in [0.2, 0.25) is 0 Å². The summed E-state index contributed by atoms with van der Waals surface area (Å²) in [5.41, 5.74) is 5.94. The lowest BCUT2D eigenvalue weighted by atomic mass is 10.7. The van der Waals surface area contributed by atoms with Gasteiger partial charge in [-0.1, -0.05) is 0 Å². The first-order chi connectivity index (χ1) is 3.50. The molecule has 0 saturated carbocycles. The first-order valence-corrected chi connectivity index (χ1v) is 2.53. The van der Waals surface area contributed by atoms with E-state index in [2.05, 4.69) is 10.9 Å². The Morgan fingerprint density at radius 2 is 1.50 bits per heavy atom. The third-order valence-electron chi connectivity index (χ3n) is 0.868. The Morgan fingerprint density at radius 3 is 2.00 bits per heavy atom. The highest BCUT2D eigenvalue weighted by molar-refractivity contribution is 5.85. The standard InChI is InChI=1S/C4H10N2O.ClH/c1-3-7-4-2-6-5-1;/h5-6H,1-4H2;1H. The minimum atomic E-state index is 0. The summed E-state index contributed by atoms with van der Waals surface area (Å²) >= 11 is 0. The van der Waals surface area contributed by atoms with Crippen molar-refractivity contribution in [3.05, 3.63) is 0 Å². The fourth-order valence-electron chi connectivity index (χ4n) is 0.525. The van der Waals surface area contributed by atoms with Crippen molar-refractivity contribution in [3.63, 3.8) is 0 Å². The van der Waals surface area contributed by atoms with Gasteiger partial charge in [-0.3, -0.25) is 10.9 Å². The molecule has 8 heavy (non-hydrogen) atoms. The molecule has 0 spiro atoms. The molecule has 0 aromatic rings. The third-order valence-corrected chi connectivity index (χ3v) is 0.868. The van der Waals surface area contributed by atoms with Crippen molar-refractivity contribution in [1.29, 1.82) is 0 Å². The van der Waals surface area contributed by atoms with Crippen LogP contribution in [0.25, 0.3) is 0 Å². The maximum absolute atomic E-state index is 5.07. The lowest BCUT2D eigenvalue weighted by Gasteiger charge is -1.94. The lowest BCUT2D eigenvalue weighted by Crippen LogP contribution is -2.32. The highest BCUT2D eigenvalue weighted by atomic mass is 35.5. The van der Waals surface area contributed by atoms with Gasteiger partial charge in [0, 0.05) is 13.1 Å². The molecule has 1 rings (SSSR count). The van der Waals surface area contributed by atoms with E-state index in [1.807, 2.05) is 0 Å². The molecule has 0 aromatic carbocycles. The van der Waals surface area contributed by atoms with E-state index in [0.717, 1.165) is 26.3 Å². The molecule has 4 heteroatoms. The van der Waals surface area contributed by atoms with Crippen LogP contribution in [0.15, 0.2) is 0 Å². The lowest BCUT2D eigenvalue weighted by molar-refractivity contribution is 0.157. The zero-order chi connectivity index (χ0) is 4.95. The van der Waals surface area contributed by atoms with Gasteiger partial charge in [0.05, 0.1) is 13.2 Å². The van der Waals surface area contributed by atoms with Gasteiger partial charge in [0.2, 0.25) is 0 Å². The second-order valence-electron chi connectivity index (χ2n) is 1.47. The van der Waals surface area contributed by atoms with Crippen LogP contribution in [-0.2, 0) is 4.74 Å². The number of hydrazine groups is 1. The Hall–Kier alpha value is 0.170. The van der Waals surface area contributed by atoms with E-state index in [1.54, 1.807) is 0 Å². The highest BCUT2D eigenvalue weighted by Gasteiger charge is 1.92. The summed E-state index contributed by atoms with van der Waals surface area (Å²) in [6.45, 7) is 3.49. The van der Waals surface area contributed by atoms with Gasteiger partial charge in [-0.15, -0.1) is 12.4 Å². The van der Waals surface area contributed by atoms with Crippen molar-refractivity contribution in [1.82, 2.24) is 10.9 Å². The molecule has 1 fully saturated rings. The van der Waals surface area contributed by atoms with Gasteiger partial charge in [-0.05, 0) is 0 Å². The van der Waals surface area contributed by atoms with E-state index in [0.29, 0.717) is 0 Å². The highest BCUT2D eigenvalue weighted by Crippen LogP contribution is 1.73. The monoisotopic (exact) mass is 138 g/mol. The molecule has 1 heterocycles. The molecule has 1 saturated heterocycles. The molecule has 0 bridgehead atoms. The van der Waals surface area contributed by atoms with Crippen LogP contribution in [-0.4, -0.2) is 26.3 Å². The number of ether oxygens (including phenoxy) is 1. The van der Waals surface area contributed by atoms with Crippen molar-refractivity contribution >= 4 is 12.4 Å². The van der Waals surface area contributed by atoms with Crippen LogP contribution in [0.1, 0.15) is 0 Å². The summed E-state index contributed by atoms with van der Waals surface area (Å²) in [7, 11) is 0. The Labute approximate surface area is 55.2 Å². The topological polar surface area (TPSA) is 33.3 Å². The van der Waals surface area contributed by atoms with Gasteiger partial charge in [0.15, 0.2) is 0 Å². The van der Waals surface area contributed by atoms with E-state index < -0.39 is 0 Å². The predicted octanol–water partition coefficient (Wildman–Crippen LogP) is -0.467. The normalized spacial score (nSPS) is 21.0. The molecule has 1 aliphatic rings. The van der Waals surface area contributed by atoms with Crippen LogP contribution in [0.3, 0.4) is 0 Å². The fraction of sp³-hybridized carbons (Fsp3) is 1.00. The molecule has 0 amide bonds. The number of halogens is 1. The first kappa shape index (κ1) is 8.17. The SMILES string of the molecule is C1COCCNN1.Cl. The Morgan fingerprint density at radius 1 is 1.00 bits per heavy atom. The van der Waals surface area contributed by atoms with Crippen LogP contribution in [0, 0.1) is 0 Å². The van der Waals surface area contributed by atoms with Gasteiger partial charge < -0.3 is 4.74 Å². The van der Waals surface area contributed by atoms with E-state index >= 15 is 0 Å². The van der Waals surface area contributed by atoms with Crippen molar-refractivity contribution in [2.24, 2.45) is 0 Å². The summed E-state index contributed by atoms with van der Waals surface area (Å²) in [5, 5.41) is 0. The van der Waals surface area contributed by atoms with Crippen molar-refractivity contribution in [3.8, 4) is 0 Å². The van der Waals surface area contributed by atoms with Crippen LogP contribution >= 0.6 is 12.4 Å². The smallest absolute Gasteiger partial charge is 0.0605 e. The van der Waals surface area contributed by atoms with Crippen molar-refractivity contribution < 1.29 is 4.74 Å². The van der Waals surface area contributed by atoms with Crippen LogP contribution < -0.4 is 10.9 Å². The molecule has 1 aliphatic heterocycles. The van der Waals surface area contributed by atoms with E-state index in [9.17, 15) is 0 Å². The van der Waals surface area contributed by atoms with Crippen molar-refractivity contribution in [2.75, 3.05) is 26.3 Å². The second kappa shape index (κ2) is 5.31. The fourth-order valence-corrected chi connectivity index (χ4v) is 0.525. The zero-order valence-electron chi connectivity index (χ0n) is 4.64. The molecule has 50 valence electrons. The molecule has 2 N–H and O–H groups in total. The van der Waals surface area contributed by atoms with Crippen molar-refractivity contribution in [2.45, 2.75) is 0 Å². The molecule has 0 radical (unpaired) electrons. The Balaban J connectivity index is 0.000000490. The second-order valence-corrected chi connectivity index (χ2v) is 1.47. The minimum absolute atomic E-state index is 0. The Kier molecular flexibility index (Phi) is 5.42. The quantitative estimate of drug-likeness (QED) is 0.475. The van der Waals surface area contributed by atoms with Crippen LogP contribution in [0.4, 0.5) is 0 Å². The summed E-state index contributed by atoms with van der Waals surface area (Å²) in [6, 6.07) is 0. The van der Waals surface area contributed by atoms with Crippen LogP contribution in [0.5, 0.6) is 0 Å².